The smallest absolute Gasteiger partial charge is 0.310 e. The van der Waals surface area contributed by atoms with Gasteiger partial charge < -0.3 is 9.67 Å². The Labute approximate surface area is 85.7 Å². The minimum Gasteiger partial charge on any atom is -0.481 e. The first kappa shape index (κ1) is 10.8. The van der Waals surface area contributed by atoms with E-state index < -0.39 is 11.9 Å². The molecule has 0 bridgehead atoms. The molecule has 1 heterocycles. The van der Waals surface area contributed by atoms with Crippen molar-refractivity contribution >= 4 is 17.6 Å². The van der Waals surface area contributed by atoms with Crippen LogP contribution in [0.3, 0.4) is 0 Å². The standard InChI is InChI=1S/C9H10ClNO3/c1-5(9(13)14)7-3-6(10)4-11(2)8(7)12/h3-5H,1-2H3,(H,13,14). The number of carbonyl (C=O) groups is 1. The highest BCUT2D eigenvalue weighted by Crippen LogP contribution is 2.15. The summed E-state index contributed by atoms with van der Waals surface area (Å²) in [6.07, 6.45) is 1.45. The Balaban J connectivity index is 3.34. The Morgan fingerprint density at radius 2 is 2.21 bits per heavy atom. The van der Waals surface area contributed by atoms with Crippen LogP contribution in [0.2, 0.25) is 5.02 Å². The molecule has 0 aliphatic rings. The first-order valence-electron chi connectivity index (χ1n) is 4.02. The summed E-state index contributed by atoms with van der Waals surface area (Å²) in [7, 11) is 1.53. The van der Waals surface area contributed by atoms with Crippen molar-refractivity contribution in [3.05, 3.63) is 33.2 Å². The lowest BCUT2D eigenvalue weighted by Gasteiger charge is -2.07. The third-order valence-electron chi connectivity index (χ3n) is 2.01. The van der Waals surface area contributed by atoms with Crippen LogP contribution in [0.1, 0.15) is 18.4 Å². The number of pyridine rings is 1. The van der Waals surface area contributed by atoms with Crippen molar-refractivity contribution in [1.29, 1.82) is 0 Å². The van der Waals surface area contributed by atoms with Crippen LogP contribution in [-0.2, 0) is 11.8 Å². The van der Waals surface area contributed by atoms with Gasteiger partial charge in [0.05, 0.1) is 10.9 Å². The van der Waals surface area contributed by atoms with Crippen molar-refractivity contribution < 1.29 is 9.90 Å². The van der Waals surface area contributed by atoms with Gasteiger partial charge in [0.2, 0.25) is 0 Å². The van der Waals surface area contributed by atoms with E-state index in [-0.39, 0.29) is 11.1 Å². The molecule has 0 aliphatic carbocycles. The summed E-state index contributed by atoms with van der Waals surface area (Å²) in [6, 6.07) is 1.39. The number of carboxylic acid groups (broad SMARTS) is 1. The van der Waals surface area contributed by atoms with Crippen LogP contribution >= 0.6 is 11.6 Å². The van der Waals surface area contributed by atoms with Gasteiger partial charge in [-0.05, 0) is 13.0 Å². The molecular weight excluding hydrogens is 206 g/mol. The van der Waals surface area contributed by atoms with E-state index in [1.54, 1.807) is 0 Å². The molecule has 1 rings (SSSR count). The van der Waals surface area contributed by atoms with Crippen LogP contribution in [0, 0.1) is 0 Å². The molecule has 0 saturated carbocycles. The van der Waals surface area contributed by atoms with E-state index in [1.165, 1.54) is 30.8 Å². The lowest BCUT2D eigenvalue weighted by Crippen LogP contribution is -2.24. The number of hydrogen-bond acceptors (Lipinski definition) is 2. The molecule has 1 aromatic rings. The van der Waals surface area contributed by atoms with Crippen LogP contribution < -0.4 is 5.56 Å². The van der Waals surface area contributed by atoms with E-state index in [9.17, 15) is 9.59 Å². The van der Waals surface area contributed by atoms with Gasteiger partial charge in [0, 0.05) is 18.8 Å². The quantitative estimate of drug-likeness (QED) is 0.807. The Kier molecular flexibility index (Phi) is 2.96. The summed E-state index contributed by atoms with van der Waals surface area (Å²) < 4.78 is 1.27. The van der Waals surface area contributed by atoms with Gasteiger partial charge in [-0.1, -0.05) is 11.6 Å². The van der Waals surface area contributed by atoms with Crippen LogP contribution in [0.5, 0.6) is 0 Å². The van der Waals surface area contributed by atoms with Gasteiger partial charge in [-0.3, -0.25) is 9.59 Å². The number of carboxylic acids is 1. The average Bonchev–Trinajstić information content (AvgIpc) is 2.09. The van der Waals surface area contributed by atoms with Crippen molar-refractivity contribution in [3.63, 3.8) is 0 Å². The molecule has 0 saturated heterocycles. The summed E-state index contributed by atoms with van der Waals surface area (Å²) in [4.78, 5) is 22.2. The van der Waals surface area contributed by atoms with Gasteiger partial charge in [0.1, 0.15) is 0 Å². The second-order valence-electron chi connectivity index (χ2n) is 3.09. The lowest BCUT2D eigenvalue weighted by molar-refractivity contribution is -0.138. The van der Waals surface area contributed by atoms with Crippen LogP contribution in [0.25, 0.3) is 0 Å². The minimum atomic E-state index is -1.04. The third kappa shape index (κ3) is 1.96. The molecule has 14 heavy (non-hydrogen) atoms. The molecule has 1 aromatic heterocycles. The van der Waals surface area contributed by atoms with Crippen LogP contribution in [-0.4, -0.2) is 15.6 Å². The Bertz CT molecular complexity index is 425. The molecule has 0 aliphatic heterocycles. The molecule has 0 spiro atoms. The molecule has 1 atom stereocenters. The molecule has 0 fully saturated rings. The predicted molar refractivity (Wildman–Crippen MR) is 52.7 cm³/mol. The van der Waals surface area contributed by atoms with E-state index in [1.807, 2.05) is 0 Å². The monoisotopic (exact) mass is 215 g/mol. The van der Waals surface area contributed by atoms with Crippen molar-refractivity contribution in [2.24, 2.45) is 7.05 Å². The number of nitrogens with zero attached hydrogens (tertiary/aromatic N) is 1. The number of aliphatic carboxylic acids is 1. The van der Waals surface area contributed by atoms with Gasteiger partial charge in [-0.15, -0.1) is 0 Å². The zero-order valence-corrected chi connectivity index (χ0v) is 8.58. The maximum atomic E-state index is 11.5. The van der Waals surface area contributed by atoms with Crippen LogP contribution in [0.15, 0.2) is 17.1 Å². The zero-order valence-electron chi connectivity index (χ0n) is 7.82. The molecular formula is C9H10ClNO3. The van der Waals surface area contributed by atoms with Gasteiger partial charge >= 0.3 is 5.97 Å². The highest BCUT2D eigenvalue weighted by molar-refractivity contribution is 6.30. The minimum absolute atomic E-state index is 0.201. The predicted octanol–water partition coefficient (Wildman–Crippen LogP) is 1.23. The SMILES string of the molecule is CC(C(=O)O)c1cc(Cl)cn(C)c1=O. The second-order valence-corrected chi connectivity index (χ2v) is 3.53. The third-order valence-corrected chi connectivity index (χ3v) is 2.22. The molecule has 0 aromatic carbocycles. The van der Waals surface area contributed by atoms with E-state index in [0.717, 1.165) is 0 Å². The maximum absolute atomic E-state index is 11.5. The van der Waals surface area contributed by atoms with Gasteiger partial charge in [-0.25, -0.2) is 0 Å². The molecule has 1 unspecified atom stereocenters. The lowest BCUT2D eigenvalue weighted by atomic mass is 10.0. The van der Waals surface area contributed by atoms with Gasteiger partial charge in [0.15, 0.2) is 0 Å². The fraction of sp³-hybridized carbons (Fsp3) is 0.333. The van der Waals surface area contributed by atoms with E-state index in [4.69, 9.17) is 16.7 Å². The Morgan fingerprint density at radius 3 is 2.71 bits per heavy atom. The normalized spacial score (nSPS) is 12.5. The number of aryl methyl sites for hydroxylation is 1. The summed E-state index contributed by atoms with van der Waals surface area (Å²) in [5.74, 6) is -1.88. The Hall–Kier alpha value is -1.29. The fourth-order valence-electron chi connectivity index (χ4n) is 1.14. The van der Waals surface area contributed by atoms with Crippen molar-refractivity contribution in [2.75, 3.05) is 0 Å². The highest BCUT2D eigenvalue weighted by Gasteiger charge is 2.18. The summed E-state index contributed by atoms with van der Waals surface area (Å²) >= 11 is 5.72. The molecule has 1 N–H and O–H groups in total. The summed E-state index contributed by atoms with van der Waals surface area (Å²) in [6.45, 7) is 1.45. The summed E-state index contributed by atoms with van der Waals surface area (Å²) in [5, 5.41) is 9.11. The maximum Gasteiger partial charge on any atom is 0.310 e. The van der Waals surface area contributed by atoms with Gasteiger partial charge in [0.25, 0.3) is 5.56 Å². The molecule has 5 heteroatoms. The topological polar surface area (TPSA) is 59.3 Å². The first-order valence-corrected chi connectivity index (χ1v) is 4.40. The first-order chi connectivity index (χ1) is 6.43. The van der Waals surface area contributed by atoms with E-state index >= 15 is 0 Å². The highest BCUT2D eigenvalue weighted by atomic mass is 35.5. The number of halogens is 1. The second kappa shape index (κ2) is 3.84. The molecule has 76 valence electrons. The van der Waals surface area contributed by atoms with Crippen molar-refractivity contribution in [1.82, 2.24) is 4.57 Å². The largest absolute Gasteiger partial charge is 0.481 e. The fourth-order valence-corrected chi connectivity index (χ4v) is 1.40. The molecule has 0 radical (unpaired) electrons. The molecule has 0 amide bonds. The average molecular weight is 216 g/mol. The van der Waals surface area contributed by atoms with Crippen LogP contribution in [0.4, 0.5) is 0 Å². The Morgan fingerprint density at radius 1 is 1.64 bits per heavy atom. The molecule has 4 nitrogen and oxygen atoms in total. The zero-order chi connectivity index (χ0) is 10.9. The number of aromatic nitrogens is 1. The van der Waals surface area contributed by atoms with Gasteiger partial charge in [-0.2, -0.15) is 0 Å². The summed E-state index contributed by atoms with van der Waals surface area (Å²) in [5.41, 5.74) is -0.128. The van der Waals surface area contributed by atoms with Crippen molar-refractivity contribution in [2.45, 2.75) is 12.8 Å². The van der Waals surface area contributed by atoms with E-state index in [2.05, 4.69) is 0 Å². The van der Waals surface area contributed by atoms with E-state index in [0.29, 0.717) is 5.02 Å². The number of hydrogen-bond donors (Lipinski definition) is 1. The van der Waals surface area contributed by atoms with Crippen molar-refractivity contribution in [3.8, 4) is 0 Å². The number of rotatable bonds is 2.